The molecule has 2 aliphatic rings. The van der Waals surface area contributed by atoms with E-state index in [1.165, 1.54) is 0 Å². The molecule has 2 aliphatic carbocycles. The number of carboxylic acid groups (broad SMARTS) is 1. The van der Waals surface area contributed by atoms with E-state index in [2.05, 4.69) is 5.32 Å². The molecule has 0 aliphatic heterocycles. The summed E-state index contributed by atoms with van der Waals surface area (Å²) in [4.78, 5) is 24.4. The van der Waals surface area contributed by atoms with Gasteiger partial charge in [-0.05, 0) is 38.0 Å². The van der Waals surface area contributed by atoms with E-state index in [1.54, 1.807) is 11.9 Å². The first kappa shape index (κ1) is 14.1. The number of urea groups is 1. The van der Waals surface area contributed by atoms with Crippen LogP contribution >= 0.6 is 0 Å². The summed E-state index contributed by atoms with van der Waals surface area (Å²) in [6.45, 7) is 0.651. The number of hydrogen-bond donors (Lipinski definition) is 3. The highest BCUT2D eigenvalue weighted by molar-refractivity contribution is 5.75. The van der Waals surface area contributed by atoms with Gasteiger partial charge in [-0.1, -0.05) is 0 Å². The fraction of sp³-hybridized carbons (Fsp3) is 0.846. The van der Waals surface area contributed by atoms with E-state index in [-0.39, 0.29) is 24.1 Å². The molecule has 2 rings (SSSR count). The van der Waals surface area contributed by atoms with Crippen LogP contribution in [0.1, 0.15) is 32.1 Å². The van der Waals surface area contributed by atoms with Gasteiger partial charge in [-0.25, -0.2) is 4.79 Å². The van der Waals surface area contributed by atoms with E-state index < -0.39 is 5.97 Å². The Labute approximate surface area is 112 Å². The zero-order valence-corrected chi connectivity index (χ0v) is 11.2. The zero-order valence-electron chi connectivity index (χ0n) is 11.2. The van der Waals surface area contributed by atoms with Crippen LogP contribution in [0.4, 0.5) is 4.79 Å². The molecule has 0 radical (unpaired) electrons. The molecule has 2 atom stereocenters. The van der Waals surface area contributed by atoms with Crippen molar-refractivity contribution in [3.63, 3.8) is 0 Å². The van der Waals surface area contributed by atoms with Gasteiger partial charge in [0.15, 0.2) is 0 Å². The van der Waals surface area contributed by atoms with Crippen molar-refractivity contribution in [1.29, 1.82) is 0 Å². The molecule has 19 heavy (non-hydrogen) atoms. The summed E-state index contributed by atoms with van der Waals surface area (Å²) in [5, 5.41) is 21.0. The molecule has 0 bridgehead atoms. The quantitative estimate of drug-likeness (QED) is 0.699. The van der Waals surface area contributed by atoms with Gasteiger partial charge in [0, 0.05) is 19.6 Å². The number of nitrogens with zero attached hydrogens (tertiary/aromatic N) is 1. The summed E-state index contributed by atoms with van der Waals surface area (Å²) >= 11 is 0. The number of carbonyl (C=O) groups is 2. The van der Waals surface area contributed by atoms with Gasteiger partial charge < -0.3 is 20.4 Å². The van der Waals surface area contributed by atoms with Crippen molar-refractivity contribution in [1.82, 2.24) is 10.2 Å². The van der Waals surface area contributed by atoms with Gasteiger partial charge in [-0.2, -0.15) is 0 Å². The van der Waals surface area contributed by atoms with Crippen molar-refractivity contribution in [2.24, 2.45) is 11.8 Å². The molecule has 108 valence electrons. The Morgan fingerprint density at radius 3 is 2.47 bits per heavy atom. The topological polar surface area (TPSA) is 89.9 Å². The second-order valence-corrected chi connectivity index (χ2v) is 5.87. The highest BCUT2D eigenvalue weighted by Gasteiger charge is 2.32. The Bertz CT molecular complexity index is 355. The molecule has 2 amide bonds. The number of carboxylic acids is 1. The van der Waals surface area contributed by atoms with Gasteiger partial charge in [-0.15, -0.1) is 0 Å². The van der Waals surface area contributed by atoms with Crippen LogP contribution in [0, 0.1) is 11.8 Å². The summed E-state index contributed by atoms with van der Waals surface area (Å²) in [6.07, 6.45) is 3.23. The standard InChI is InChI=1S/C13H22N2O4/c1-15(7-8-4-11(16)5-8)13(19)14-10-3-2-9(6-10)12(17)18/h8-11,16H,2-7H2,1H3,(H,14,19)(H,17,18)/t8?,9-,10+,11?/m1/s1. The number of carbonyl (C=O) groups excluding carboxylic acids is 1. The molecule has 2 fully saturated rings. The van der Waals surface area contributed by atoms with Crippen molar-refractivity contribution in [2.45, 2.75) is 44.2 Å². The lowest BCUT2D eigenvalue weighted by Gasteiger charge is -2.34. The number of rotatable bonds is 4. The molecule has 0 saturated heterocycles. The van der Waals surface area contributed by atoms with Crippen LogP contribution in [0.15, 0.2) is 0 Å². The number of hydrogen-bond acceptors (Lipinski definition) is 3. The van der Waals surface area contributed by atoms with Gasteiger partial charge in [-0.3, -0.25) is 4.79 Å². The fourth-order valence-electron chi connectivity index (χ4n) is 2.94. The predicted octanol–water partition coefficient (Wildman–Crippen LogP) is 0.652. The van der Waals surface area contributed by atoms with Crippen molar-refractivity contribution >= 4 is 12.0 Å². The van der Waals surface area contributed by atoms with E-state index in [0.29, 0.717) is 25.3 Å². The van der Waals surface area contributed by atoms with E-state index in [4.69, 9.17) is 5.11 Å². The van der Waals surface area contributed by atoms with Crippen LogP contribution in [-0.4, -0.2) is 52.9 Å². The molecule has 0 spiro atoms. The summed E-state index contributed by atoms with van der Waals surface area (Å²) in [6, 6.07) is -0.166. The van der Waals surface area contributed by atoms with Crippen LogP contribution in [0.5, 0.6) is 0 Å². The van der Waals surface area contributed by atoms with Crippen LogP contribution < -0.4 is 5.32 Å². The second kappa shape index (κ2) is 5.77. The minimum absolute atomic E-state index is 0.0250. The highest BCUT2D eigenvalue weighted by Crippen LogP contribution is 2.28. The van der Waals surface area contributed by atoms with Gasteiger partial charge in [0.2, 0.25) is 0 Å². The average molecular weight is 270 g/mol. The number of nitrogens with one attached hydrogen (secondary N) is 1. The lowest BCUT2D eigenvalue weighted by atomic mass is 9.82. The molecule has 0 aromatic rings. The zero-order chi connectivity index (χ0) is 14.0. The minimum Gasteiger partial charge on any atom is -0.481 e. The fourth-order valence-corrected chi connectivity index (χ4v) is 2.94. The SMILES string of the molecule is CN(CC1CC(O)C1)C(=O)N[C@H]1CC[C@@H](C(=O)O)C1. The van der Waals surface area contributed by atoms with Crippen LogP contribution in [-0.2, 0) is 4.79 Å². The molecule has 0 aromatic carbocycles. The van der Waals surface area contributed by atoms with E-state index in [0.717, 1.165) is 19.3 Å². The highest BCUT2D eigenvalue weighted by atomic mass is 16.4. The smallest absolute Gasteiger partial charge is 0.317 e. The summed E-state index contributed by atoms with van der Waals surface area (Å²) in [7, 11) is 1.74. The number of aliphatic hydroxyl groups excluding tert-OH is 1. The molecule has 6 nitrogen and oxygen atoms in total. The third kappa shape index (κ3) is 3.59. The lowest BCUT2D eigenvalue weighted by Crippen LogP contribution is -2.46. The first-order valence-corrected chi connectivity index (χ1v) is 6.88. The number of aliphatic carboxylic acids is 1. The molecule has 0 aromatic heterocycles. The predicted molar refractivity (Wildman–Crippen MR) is 68.7 cm³/mol. The van der Waals surface area contributed by atoms with Gasteiger partial charge in [0.05, 0.1) is 12.0 Å². The van der Waals surface area contributed by atoms with Crippen molar-refractivity contribution in [3.05, 3.63) is 0 Å². The number of amides is 2. The first-order chi connectivity index (χ1) is 8.95. The van der Waals surface area contributed by atoms with Crippen molar-refractivity contribution < 1.29 is 19.8 Å². The average Bonchev–Trinajstić information content (AvgIpc) is 2.75. The van der Waals surface area contributed by atoms with Crippen LogP contribution in [0.3, 0.4) is 0 Å². The van der Waals surface area contributed by atoms with Gasteiger partial charge in [0.1, 0.15) is 0 Å². The maximum absolute atomic E-state index is 11.9. The van der Waals surface area contributed by atoms with E-state index >= 15 is 0 Å². The van der Waals surface area contributed by atoms with Crippen molar-refractivity contribution in [3.8, 4) is 0 Å². The van der Waals surface area contributed by atoms with Crippen LogP contribution in [0.25, 0.3) is 0 Å². The van der Waals surface area contributed by atoms with Gasteiger partial charge >= 0.3 is 12.0 Å². The third-order valence-corrected chi connectivity index (χ3v) is 4.20. The molecular weight excluding hydrogens is 248 g/mol. The van der Waals surface area contributed by atoms with E-state index in [9.17, 15) is 14.7 Å². The molecule has 0 heterocycles. The summed E-state index contributed by atoms with van der Waals surface area (Å²) < 4.78 is 0. The molecule has 3 N–H and O–H groups in total. The maximum Gasteiger partial charge on any atom is 0.317 e. The third-order valence-electron chi connectivity index (χ3n) is 4.20. The van der Waals surface area contributed by atoms with Crippen molar-refractivity contribution in [2.75, 3.05) is 13.6 Å². The summed E-state index contributed by atoms with van der Waals surface area (Å²) in [5.41, 5.74) is 0. The molecule has 6 heteroatoms. The Kier molecular flexibility index (Phi) is 4.29. The minimum atomic E-state index is -0.770. The Morgan fingerprint density at radius 2 is 1.95 bits per heavy atom. The number of aliphatic hydroxyl groups is 1. The van der Waals surface area contributed by atoms with E-state index in [1.807, 2.05) is 0 Å². The maximum atomic E-state index is 11.9. The Hall–Kier alpha value is -1.30. The van der Waals surface area contributed by atoms with Gasteiger partial charge in [0.25, 0.3) is 0 Å². The second-order valence-electron chi connectivity index (χ2n) is 5.87. The molecule has 0 unspecified atom stereocenters. The Balaban J connectivity index is 1.70. The Morgan fingerprint density at radius 1 is 1.26 bits per heavy atom. The molecular formula is C13H22N2O4. The molecule has 2 saturated carbocycles. The normalized spacial score (nSPS) is 33.6. The largest absolute Gasteiger partial charge is 0.481 e. The monoisotopic (exact) mass is 270 g/mol. The summed E-state index contributed by atoms with van der Waals surface area (Å²) in [5.74, 6) is -0.702. The van der Waals surface area contributed by atoms with Crippen LogP contribution in [0.2, 0.25) is 0 Å². The lowest BCUT2D eigenvalue weighted by molar-refractivity contribution is -0.141. The first-order valence-electron chi connectivity index (χ1n) is 6.88.